The Kier molecular flexibility index (Phi) is 7.17. The van der Waals surface area contributed by atoms with Crippen molar-refractivity contribution in [2.75, 3.05) is 34.4 Å². The number of methoxy groups -OCH3 is 3. The van der Waals surface area contributed by atoms with Crippen LogP contribution in [0, 0.1) is 11.3 Å². The molecule has 0 aromatic heterocycles. The maximum Gasteiger partial charge on any atom is 0.416 e. The average Bonchev–Trinajstić information content (AvgIpc) is 3.56. The third-order valence-corrected chi connectivity index (χ3v) is 7.21. The Morgan fingerprint density at radius 3 is 2.26 bits per heavy atom. The smallest absolute Gasteiger partial charge is 0.416 e. The zero-order valence-electron chi connectivity index (χ0n) is 20.2. The standard InChI is InChI=1S/C26H31F3N2O4/c1-33-21-12-18(13-22(34-2)23(21)35-3)16-31-9-7-25(8-10-31)14-20(25)24(32)30-15-17-5-4-6-19(11-17)26(27,28)29/h4-6,11-13,20H,7-10,14-16H2,1-3H3,(H,30,32). The summed E-state index contributed by atoms with van der Waals surface area (Å²) in [6.45, 7) is 2.57. The van der Waals surface area contributed by atoms with Gasteiger partial charge in [-0.1, -0.05) is 12.1 Å². The van der Waals surface area contributed by atoms with E-state index in [0.29, 0.717) is 22.8 Å². The Hall–Kier alpha value is -2.94. The van der Waals surface area contributed by atoms with Gasteiger partial charge in [0.2, 0.25) is 11.7 Å². The first-order valence-corrected chi connectivity index (χ1v) is 11.6. The first-order valence-electron chi connectivity index (χ1n) is 11.6. The lowest BCUT2D eigenvalue weighted by molar-refractivity contribution is -0.137. The number of piperidine rings is 1. The van der Waals surface area contributed by atoms with E-state index in [1.807, 2.05) is 12.1 Å². The molecule has 1 spiro atoms. The van der Waals surface area contributed by atoms with Crippen molar-refractivity contribution in [1.82, 2.24) is 10.2 Å². The monoisotopic (exact) mass is 492 g/mol. The van der Waals surface area contributed by atoms with E-state index in [0.717, 1.165) is 56.6 Å². The Balaban J connectivity index is 1.29. The number of benzene rings is 2. The van der Waals surface area contributed by atoms with E-state index in [4.69, 9.17) is 14.2 Å². The summed E-state index contributed by atoms with van der Waals surface area (Å²) in [5.41, 5.74) is 0.806. The summed E-state index contributed by atoms with van der Waals surface area (Å²) in [7, 11) is 4.76. The molecule has 2 fully saturated rings. The molecule has 1 unspecified atom stereocenters. The van der Waals surface area contributed by atoms with Gasteiger partial charge in [-0.05, 0) is 73.2 Å². The van der Waals surface area contributed by atoms with E-state index >= 15 is 0 Å². The van der Waals surface area contributed by atoms with Crippen LogP contribution in [-0.2, 0) is 24.1 Å². The van der Waals surface area contributed by atoms with Gasteiger partial charge in [-0.2, -0.15) is 13.2 Å². The van der Waals surface area contributed by atoms with Gasteiger partial charge in [-0.25, -0.2) is 0 Å². The summed E-state index contributed by atoms with van der Waals surface area (Å²) in [6.07, 6.45) is -1.73. The molecule has 1 saturated heterocycles. The Morgan fingerprint density at radius 1 is 1.03 bits per heavy atom. The summed E-state index contributed by atoms with van der Waals surface area (Å²) in [4.78, 5) is 15.1. The number of ether oxygens (including phenoxy) is 3. The lowest BCUT2D eigenvalue weighted by Gasteiger charge is -2.33. The number of alkyl halides is 3. The molecule has 9 heteroatoms. The minimum Gasteiger partial charge on any atom is -0.493 e. The van der Waals surface area contributed by atoms with Gasteiger partial charge >= 0.3 is 6.18 Å². The van der Waals surface area contributed by atoms with Gasteiger partial charge in [0.15, 0.2) is 11.5 Å². The number of carbonyl (C=O) groups is 1. The van der Waals surface area contributed by atoms with Crippen LogP contribution in [0.1, 0.15) is 36.0 Å². The fourth-order valence-corrected chi connectivity index (χ4v) is 5.08. The second-order valence-corrected chi connectivity index (χ2v) is 9.34. The van der Waals surface area contributed by atoms with Crippen LogP contribution >= 0.6 is 0 Å². The number of nitrogens with zero attached hydrogens (tertiary/aromatic N) is 1. The molecular weight excluding hydrogens is 461 g/mol. The van der Waals surface area contributed by atoms with Gasteiger partial charge in [0.25, 0.3) is 0 Å². The van der Waals surface area contributed by atoms with Crippen LogP contribution in [0.25, 0.3) is 0 Å². The molecule has 2 aromatic carbocycles. The third-order valence-electron chi connectivity index (χ3n) is 7.21. The molecular formula is C26H31F3N2O4. The predicted molar refractivity (Wildman–Crippen MR) is 124 cm³/mol. The van der Waals surface area contributed by atoms with Crippen LogP contribution in [0.15, 0.2) is 36.4 Å². The van der Waals surface area contributed by atoms with Gasteiger partial charge in [-0.15, -0.1) is 0 Å². The van der Waals surface area contributed by atoms with E-state index in [-0.39, 0.29) is 23.8 Å². The van der Waals surface area contributed by atoms with Crippen LogP contribution < -0.4 is 19.5 Å². The molecule has 0 bridgehead atoms. The number of hydrogen-bond donors (Lipinski definition) is 1. The molecule has 1 N–H and O–H groups in total. The molecule has 0 radical (unpaired) electrons. The van der Waals surface area contributed by atoms with Crippen molar-refractivity contribution in [3.63, 3.8) is 0 Å². The summed E-state index contributed by atoms with van der Waals surface area (Å²) in [5, 5.41) is 2.84. The first-order chi connectivity index (χ1) is 16.7. The summed E-state index contributed by atoms with van der Waals surface area (Å²) >= 11 is 0. The molecule has 1 amide bonds. The van der Waals surface area contributed by atoms with E-state index in [1.54, 1.807) is 27.4 Å². The molecule has 4 rings (SSSR count). The second kappa shape index (κ2) is 9.97. The maximum atomic E-state index is 12.9. The summed E-state index contributed by atoms with van der Waals surface area (Å²) in [5.74, 6) is 1.66. The minimum absolute atomic E-state index is 0.00366. The fraction of sp³-hybridized carbons (Fsp3) is 0.500. The molecule has 1 atom stereocenters. The summed E-state index contributed by atoms with van der Waals surface area (Å²) < 4.78 is 55.0. The Labute approximate surface area is 203 Å². The van der Waals surface area contributed by atoms with Crippen molar-refractivity contribution in [2.45, 2.75) is 38.5 Å². The lowest BCUT2D eigenvalue weighted by atomic mass is 9.90. The molecule has 1 aliphatic carbocycles. The number of halogens is 3. The zero-order valence-corrected chi connectivity index (χ0v) is 20.2. The topological polar surface area (TPSA) is 60.0 Å². The average molecular weight is 493 g/mol. The number of rotatable bonds is 8. The largest absolute Gasteiger partial charge is 0.493 e. The molecule has 35 heavy (non-hydrogen) atoms. The van der Waals surface area contributed by atoms with Crippen molar-refractivity contribution < 1.29 is 32.2 Å². The SMILES string of the molecule is COc1cc(CN2CCC3(CC2)CC3C(=O)NCc2cccc(C(F)(F)F)c2)cc(OC)c1OC. The van der Waals surface area contributed by atoms with Crippen LogP contribution in [0.4, 0.5) is 13.2 Å². The van der Waals surface area contributed by atoms with Gasteiger partial charge in [0.05, 0.1) is 26.9 Å². The van der Waals surface area contributed by atoms with Crippen LogP contribution in [0.5, 0.6) is 17.2 Å². The van der Waals surface area contributed by atoms with Crippen molar-refractivity contribution in [3.05, 3.63) is 53.1 Å². The fourth-order valence-electron chi connectivity index (χ4n) is 5.08. The molecule has 1 saturated carbocycles. The van der Waals surface area contributed by atoms with E-state index in [1.165, 1.54) is 6.07 Å². The second-order valence-electron chi connectivity index (χ2n) is 9.34. The third kappa shape index (κ3) is 5.50. The number of amides is 1. The zero-order chi connectivity index (χ0) is 25.2. The van der Waals surface area contributed by atoms with Gasteiger partial charge in [-0.3, -0.25) is 9.69 Å². The van der Waals surface area contributed by atoms with E-state index in [9.17, 15) is 18.0 Å². The first kappa shape index (κ1) is 25.2. The summed E-state index contributed by atoms with van der Waals surface area (Å²) in [6, 6.07) is 8.99. The number of nitrogens with one attached hydrogen (secondary N) is 1. The molecule has 1 aliphatic heterocycles. The maximum absolute atomic E-state index is 12.9. The quantitative estimate of drug-likeness (QED) is 0.582. The predicted octanol–water partition coefficient (Wildman–Crippen LogP) is 4.65. The number of likely N-dealkylation sites (tertiary alicyclic amines) is 1. The highest BCUT2D eigenvalue weighted by molar-refractivity contribution is 5.82. The van der Waals surface area contributed by atoms with Crippen molar-refractivity contribution in [2.24, 2.45) is 11.3 Å². The van der Waals surface area contributed by atoms with E-state index < -0.39 is 11.7 Å². The highest BCUT2D eigenvalue weighted by Crippen LogP contribution is 2.59. The molecule has 2 aliphatic rings. The van der Waals surface area contributed by atoms with Gasteiger partial charge < -0.3 is 19.5 Å². The number of carbonyl (C=O) groups excluding carboxylic acids is 1. The molecule has 2 aromatic rings. The van der Waals surface area contributed by atoms with Crippen LogP contribution in [0.2, 0.25) is 0 Å². The van der Waals surface area contributed by atoms with Crippen molar-refractivity contribution in [1.29, 1.82) is 0 Å². The van der Waals surface area contributed by atoms with Crippen molar-refractivity contribution >= 4 is 5.91 Å². The van der Waals surface area contributed by atoms with Crippen molar-refractivity contribution in [3.8, 4) is 17.2 Å². The minimum atomic E-state index is -4.39. The van der Waals surface area contributed by atoms with Gasteiger partial charge in [0.1, 0.15) is 0 Å². The highest BCUT2D eigenvalue weighted by atomic mass is 19.4. The van der Waals surface area contributed by atoms with Gasteiger partial charge in [0, 0.05) is 19.0 Å². The Morgan fingerprint density at radius 2 is 1.69 bits per heavy atom. The van der Waals surface area contributed by atoms with Crippen LogP contribution in [0.3, 0.4) is 0 Å². The molecule has 190 valence electrons. The number of hydrogen-bond acceptors (Lipinski definition) is 5. The normalized spacial score (nSPS) is 19.3. The lowest BCUT2D eigenvalue weighted by Crippen LogP contribution is -2.36. The molecule has 6 nitrogen and oxygen atoms in total. The van der Waals surface area contributed by atoms with E-state index in [2.05, 4.69) is 10.2 Å². The molecule has 1 heterocycles. The highest BCUT2D eigenvalue weighted by Gasteiger charge is 2.58. The Bertz CT molecular complexity index is 1040. The van der Waals surface area contributed by atoms with Crippen LogP contribution in [-0.4, -0.2) is 45.2 Å².